The van der Waals surface area contributed by atoms with Crippen LogP contribution in [0.5, 0.6) is 0 Å². The number of benzene rings is 2. The predicted octanol–water partition coefficient (Wildman–Crippen LogP) is 4.85. The molecule has 1 heterocycles. The van der Waals surface area contributed by atoms with Crippen LogP contribution in [0.4, 0.5) is 8.78 Å². The molecule has 0 saturated carbocycles. The number of hydrogen-bond acceptors (Lipinski definition) is 2. The van der Waals surface area contributed by atoms with Gasteiger partial charge in [0.2, 0.25) is 0 Å². The highest BCUT2D eigenvalue weighted by atomic mass is 32.2. The van der Waals surface area contributed by atoms with E-state index < -0.39 is 0 Å². The van der Waals surface area contributed by atoms with E-state index in [0.717, 1.165) is 28.2 Å². The molecular weight excluding hydrogens is 288 g/mol. The quantitative estimate of drug-likeness (QED) is 0.869. The molecule has 2 aromatic rings. The van der Waals surface area contributed by atoms with Crippen LogP contribution in [0, 0.1) is 11.6 Å². The van der Waals surface area contributed by atoms with Gasteiger partial charge in [0.1, 0.15) is 11.6 Å². The maximum Gasteiger partial charge on any atom is 0.137 e. The SMILES string of the molecule is C[C@H](NC1CCSc2c(F)cccc21)c1cccc(F)c1. The molecule has 0 aliphatic carbocycles. The van der Waals surface area contributed by atoms with Gasteiger partial charge in [0, 0.05) is 17.0 Å². The monoisotopic (exact) mass is 305 g/mol. The van der Waals surface area contributed by atoms with Gasteiger partial charge in [-0.05, 0) is 48.4 Å². The molecule has 0 amide bonds. The summed E-state index contributed by atoms with van der Waals surface area (Å²) in [6, 6.07) is 12.0. The van der Waals surface area contributed by atoms with Crippen molar-refractivity contribution in [3.8, 4) is 0 Å². The van der Waals surface area contributed by atoms with Gasteiger partial charge in [-0.3, -0.25) is 0 Å². The van der Waals surface area contributed by atoms with Crippen molar-refractivity contribution in [3.63, 3.8) is 0 Å². The summed E-state index contributed by atoms with van der Waals surface area (Å²) in [6.45, 7) is 2.01. The lowest BCUT2D eigenvalue weighted by molar-refractivity contribution is 0.442. The molecule has 0 spiro atoms. The fourth-order valence-electron chi connectivity index (χ4n) is 2.73. The van der Waals surface area contributed by atoms with Crippen molar-refractivity contribution in [1.82, 2.24) is 5.32 Å². The first-order valence-electron chi connectivity index (χ1n) is 7.08. The molecule has 21 heavy (non-hydrogen) atoms. The maximum atomic E-state index is 13.9. The van der Waals surface area contributed by atoms with Crippen LogP contribution in [0.1, 0.15) is 36.6 Å². The Balaban J connectivity index is 1.82. The van der Waals surface area contributed by atoms with Crippen LogP contribution in [0.25, 0.3) is 0 Å². The molecule has 110 valence electrons. The zero-order valence-corrected chi connectivity index (χ0v) is 12.6. The van der Waals surface area contributed by atoms with Gasteiger partial charge < -0.3 is 5.32 Å². The molecule has 4 heteroatoms. The maximum absolute atomic E-state index is 13.9. The standard InChI is InChI=1S/C17H17F2NS/c1-11(12-4-2-5-13(18)10-12)20-16-8-9-21-17-14(16)6-3-7-15(17)19/h2-7,10-11,16,20H,8-9H2,1H3/t11-,16?/m0/s1. The van der Waals surface area contributed by atoms with Gasteiger partial charge in [-0.1, -0.05) is 24.3 Å². The van der Waals surface area contributed by atoms with Gasteiger partial charge >= 0.3 is 0 Å². The molecule has 1 aliphatic rings. The minimum absolute atomic E-state index is 0.0184. The zero-order valence-electron chi connectivity index (χ0n) is 11.8. The Bertz CT molecular complexity index is 644. The van der Waals surface area contributed by atoms with Crippen molar-refractivity contribution in [2.75, 3.05) is 5.75 Å². The van der Waals surface area contributed by atoms with Crippen LogP contribution in [0.15, 0.2) is 47.4 Å². The van der Waals surface area contributed by atoms with Crippen LogP contribution in [0.2, 0.25) is 0 Å². The third-order valence-electron chi connectivity index (χ3n) is 3.83. The number of fused-ring (bicyclic) bond motifs is 1. The molecule has 0 bridgehead atoms. The molecule has 0 fully saturated rings. The first kappa shape index (κ1) is 14.5. The Morgan fingerprint density at radius 1 is 1.19 bits per heavy atom. The Labute approximate surface area is 127 Å². The Morgan fingerprint density at radius 2 is 2.00 bits per heavy atom. The Kier molecular flexibility index (Phi) is 4.27. The highest BCUT2D eigenvalue weighted by molar-refractivity contribution is 7.99. The van der Waals surface area contributed by atoms with E-state index in [0.29, 0.717) is 0 Å². The number of nitrogens with one attached hydrogen (secondary N) is 1. The molecule has 1 unspecified atom stereocenters. The fourth-order valence-corrected chi connectivity index (χ4v) is 3.87. The van der Waals surface area contributed by atoms with Gasteiger partial charge in [-0.25, -0.2) is 8.78 Å². The molecule has 0 saturated heterocycles. The first-order valence-corrected chi connectivity index (χ1v) is 8.06. The summed E-state index contributed by atoms with van der Waals surface area (Å²) in [5.74, 6) is 0.510. The summed E-state index contributed by atoms with van der Waals surface area (Å²) in [5, 5.41) is 3.50. The van der Waals surface area contributed by atoms with Crippen LogP contribution < -0.4 is 5.32 Å². The predicted molar refractivity (Wildman–Crippen MR) is 82.4 cm³/mol. The highest BCUT2D eigenvalue weighted by Crippen LogP contribution is 2.38. The third-order valence-corrected chi connectivity index (χ3v) is 4.98. The van der Waals surface area contributed by atoms with E-state index in [4.69, 9.17) is 0 Å². The van der Waals surface area contributed by atoms with Gasteiger partial charge in [-0.15, -0.1) is 11.8 Å². The minimum atomic E-state index is -0.230. The van der Waals surface area contributed by atoms with Crippen molar-refractivity contribution in [1.29, 1.82) is 0 Å². The lowest BCUT2D eigenvalue weighted by atomic mass is 10.0. The minimum Gasteiger partial charge on any atom is -0.303 e. The summed E-state index contributed by atoms with van der Waals surface area (Å²) in [5.41, 5.74) is 1.92. The summed E-state index contributed by atoms with van der Waals surface area (Å²) >= 11 is 1.57. The normalized spacial score (nSPS) is 19.1. The Morgan fingerprint density at radius 3 is 2.81 bits per heavy atom. The van der Waals surface area contributed by atoms with E-state index in [9.17, 15) is 8.78 Å². The topological polar surface area (TPSA) is 12.0 Å². The second-order valence-corrected chi connectivity index (χ2v) is 6.40. The van der Waals surface area contributed by atoms with E-state index in [1.54, 1.807) is 30.0 Å². The van der Waals surface area contributed by atoms with Crippen LogP contribution >= 0.6 is 11.8 Å². The van der Waals surface area contributed by atoms with Gasteiger partial charge in [0.05, 0.1) is 0 Å². The second-order valence-electron chi connectivity index (χ2n) is 5.29. The molecule has 0 radical (unpaired) electrons. The Hall–Kier alpha value is -1.39. The summed E-state index contributed by atoms with van der Waals surface area (Å²) < 4.78 is 27.2. The average Bonchev–Trinajstić information content (AvgIpc) is 2.48. The number of halogens is 2. The van der Waals surface area contributed by atoms with Gasteiger partial charge in [-0.2, -0.15) is 0 Å². The fraction of sp³-hybridized carbons (Fsp3) is 0.294. The number of hydrogen-bond donors (Lipinski definition) is 1. The van der Waals surface area contributed by atoms with E-state index in [1.165, 1.54) is 12.1 Å². The number of rotatable bonds is 3. The van der Waals surface area contributed by atoms with E-state index in [1.807, 2.05) is 19.1 Å². The molecule has 0 aromatic heterocycles. The van der Waals surface area contributed by atoms with Crippen LogP contribution in [-0.2, 0) is 0 Å². The van der Waals surface area contributed by atoms with E-state index in [2.05, 4.69) is 5.32 Å². The largest absolute Gasteiger partial charge is 0.303 e. The molecule has 2 aromatic carbocycles. The second kappa shape index (κ2) is 6.16. The summed E-state index contributed by atoms with van der Waals surface area (Å²) in [7, 11) is 0. The van der Waals surface area contributed by atoms with Crippen molar-refractivity contribution in [2.24, 2.45) is 0 Å². The van der Waals surface area contributed by atoms with Crippen molar-refractivity contribution in [3.05, 3.63) is 65.2 Å². The van der Waals surface area contributed by atoms with Gasteiger partial charge in [0.15, 0.2) is 0 Å². The lowest BCUT2D eigenvalue weighted by Crippen LogP contribution is -2.27. The molecule has 1 aliphatic heterocycles. The molecular formula is C17H17F2NS. The molecule has 1 nitrogen and oxygen atoms in total. The third kappa shape index (κ3) is 3.11. The van der Waals surface area contributed by atoms with Crippen LogP contribution in [0.3, 0.4) is 0 Å². The van der Waals surface area contributed by atoms with E-state index >= 15 is 0 Å². The van der Waals surface area contributed by atoms with E-state index in [-0.39, 0.29) is 23.7 Å². The number of thioether (sulfide) groups is 1. The van der Waals surface area contributed by atoms with Crippen molar-refractivity contribution in [2.45, 2.75) is 30.3 Å². The lowest BCUT2D eigenvalue weighted by Gasteiger charge is -2.29. The zero-order chi connectivity index (χ0) is 14.8. The highest BCUT2D eigenvalue weighted by Gasteiger charge is 2.24. The molecule has 1 N–H and O–H groups in total. The molecule has 2 atom stereocenters. The van der Waals surface area contributed by atoms with Crippen molar-refractivity contribution >= 4 is 11.8 Å². The molecule has 3 rings (SSSR count). The van der Waals surface area contributed by atoms with Crippen LogP contribution in [-0.4, -0.2) is 5.75 Å². The average molecular weight is 305 g/mol. The van der Waals surface area contributed by atoms with Crippen molar-refractivity contribution < 1.29 is 8.78 Å². The van der Waals surface area contributed by atoms with Gasteiger partial charge in [0.25, 0.3) is 0 Å². The first-order chi connectivity index (χ1) is 10.1. The summed E-state index contributed by atoms with van der Waals surface area (Å²) in [4.78, 5) is 0.743. The smallest absolute Gasteiger partial charge is 0.137 e. The summed E-state index contributed by atoms with van der Waals surface area (Å²) in [6.07, 6.45) is 0.945.